The first-order valence-electron chi connectivity index (χ1n) is 12.1. The van der Waals surface area contributed by atoms with Crippen molar-refractivity contribution in [2.45, 2.75) is 51.2 Å². The molecule has 0 unspecified atom stereocenters. The van der Waals surface area contributed by atoms with Crippen LogP contribution in [0.4, 0.5) is 11.4 Å². The van der Waals surface area contributed by atoms with Crippen molar-refractivity contribution >= 4 is 11.4 Å². The highest BCUT2D eigenvalue weighted by Gasteiger charge is 2.55. The molecular weight excluding hydrogens is 394 g/mol. The number of benzene rings is 3. The van der Waals surface area contributed by atoms with Gasteiger partial charge in [0.1, 0.15) is 17.0 Å². The topological polar surface area (TPSA) is 36.5 Å². The van der Waals surface area contributed by atoms with E-state index in [0.717, 1.165) is 42.5 Å². The van der Waals surface area contributed by atoms with E-state index in [0.29, 0.717) is 6.04 Å². The molecule has 3 aromatic carbocycles. The highest BCUT2D eigenvalue weighted by molar-refractivity contribution is 5.70. The van der Waals surface area contributed by atoms with Gasteiger partial charge < -0.3 is 15.4 Å². The number of ether oxygens (including phenoxy) is 1. The van der Waals surface area contributed by atoms with Gasteiger partial charge in [-0.2, -0.15) is 0 Å². The zero-order valence-electron chi connectivity index (χ0n) is 18.9. The SMILES string of the molecule is CCNc1ccc2c(c1)Oc1cc(NCC)ccc1C21c2ccccc2CN1C1CCC1. The Morgan fingerprint density at radius 3 is 2.03 bits per heavy atom. The van der Waals surface area contributed by atoms with E-state index in [9.17, 15) is 0 Å². The summed E-state index contributed by atoms with van der Waals surface area (Å²) >= 11 is 0. The molecule has 0 saturated heterocycles. The highest BCUT2D eigenvalue weighted by atomic mass is 16.5. The van der Waals surface area contributed by atoms with E-state index >= 15 is 0 Å². The van der Waals surface area contributed by atoms with E-state index in [4.69, 9.17) is 4.74 Å². The van der Waals surface area contributed by atoms with Crippen LogP contribution in [0.3, 0.4) is 0 Å². The number of nitrogens with zero attached hydrogens (tertiary/aromatic N) is 1. The summed E-state index contributed by atoms with van der Waals surface area (Å²) in [5.74, 6) is 1.93. The lowest BCUT2D eigenvalue weighted by Crippen LogP contribution is -2.52. The highest BCUT2D eigenvalue weighted by Crippen LogP contribution is 2.59. The molecule has 0 radical (unpaired) electrons. The number of hydrogen-bond donors (Lipinski definition) is 2. The normalized spacial score (nSPS) is 18.3. The second-order valence-corrected chi connectivity index (χ2v) is 9.16. The van der Waals surface area contributed by atoms with E-state index in [1.165, 1.54) is 41.5 Å². The third kappa shape index (κ3) is 2.72. The van der Waals surface area contributed by atoms with Crippen molar-refractivity contribution in [1.82, 2.24) is 4.90 Å². The molecule has 4 heteroatoms. The summed E-state index contributed by atoms with van der Waals surface area (Å²) in [7, 11) is 0. The largest absolute Gasteiger partial charge is 0.456 e. The van der Waals surface area contributed by atoms with Crippen LogP contribution in [0.2, 0.25) is 0 Å². The molecule has 164 valence electrons. The monoisotopic (exact) mass is 425 g/mol. The van der Waals surface area contributed by atoms with Crippen LogP contribution in [-0.2, 0) is 12.1 Å². The molecule has 0 atom stereocenters. The van der Waals surface area contributed by atoms with Crippen LogP contribution in [0.15, 0.2) is 60.7 Å². The van der Waals surface area contributed by atoms with Gasteiger partial charge in [0.2, 0.25) is 0 Å². The summed E-state index contributed by atoms with van der Waals surface area (Å²) in [4.78, 5) is 2.77. The molecule has 0 aromatic heterocycles. The van der Waals surface area contributed by atoms with E-state index < -0.39 is 0 Å². The molecule has 1 fully saturated rings. The summed E-state index contributed by atoms with van der Waals surface area (Å²) in [6, 6.07) is 23.0. The molecular formula is C28H31N3O. The fourth-order valence-electron chi connectivity index (χ4n) is 5.87. The Balaban J connectivity index is 1.64. The zero-order chi connectivity index (χ0) is 21.7. The summed E-state index contributed by atoms with van der Waals surface area (Å²) in [6.07, 6.45) is 3.86. The third-order valence-electron chi connectivity index (χ3n) is 7.42. The molecule has 32 heavy (non-hydrogen) atoms. The average molecular weight is 426 g/mol. The number of fused-ring (bicyclic) bond motifs is 6. The molecule has 3 aromatic rings. The molecule has 1 saturated carbocycles. The van der Waals surface area contributed by atoms with Crippen molar-refractivity contribution in [2.75, 3.05) is 23.7 Å². The first-order chi connectivity index (χ1) is 15.8. The van der Waals surface area contributed by atoms with Crippen molar-refractivity contribution in [3.63, 3.8) is 0 Å². The van der Waals surface area contributed by atoms with E-state index in [2.05, 4.69) is 90.0 Å². The Morgan fingerprint density at radius 2 is 1.47 bits per heavy atom. The molecule has 1 spiro atoms. The second kappa shape index (κ2) is 7.56. The molecule has 2 heterocycles. The summed E-state index contributed by atoms with van der Waals surface area (Å²) in [5.41, 5.74) is 7.28. The Hall–Kier alpha value is -2.98. The maximum absolute atomic E-state index is 6.63. The van der Waals surface area contributed by atoms with Gasteiger partial charge in [-0.05, 0) is 49.9 Å². The Morgan fingerprint density at radius 1 is 0.844 bits per heavy atom. The zero-order valence-corrected chi connectivity index (χ0v) is 18.9. The van der Waals surface area contributed by atoms with Crippen LogP contribution >= 0.6 is 0 Å². The van der Waals surface area contributed by atoms with Crippen LogP contribution in [0.25, 0.3) is 0 Å². The molecule has 0 amide bonds. The van der Waals surface area contributed by atoms with Gasteiger partial charge in [-0.3, -0.25) is 4.90 Å². The molecule has 2 N–H and O–H groups in total. The number of nitrogens with one attached hydrogen (secondary N) is 2. The minimum Gasteiger partial charge on any atom is -0.456 e. The van der Waals surface area contributed by atoms with Crippen molar-refractivity contribution in [3.8, 4) is 11.5 Å². The summed E-state index contributed by atoms with van der Waals surface area (Å²) in [6.45, 7) is 7.03. The number of rotatable bonds is 5. The van der Waals surface area contributed by atoms with Gasteiger partial charge >= 0.3 is 0 Å². The van der Waals surface area contributed by atoms with Crippen LogP contribution in [0.5, 0.6) is 11.5 Å². The molecule has 6 rings (SSSR count). The van der Waals surface area contributed by atoms with E-state index in [-0.39, 0.29) is 5.54 Å². The minimum absolute atomic E-state index is 0.305. The maximum Gasteiger partial charge on any atom is 0.135 e. The first-order valence-corrected chi connectivity index (χ1v) is 12.1. The fourth-order valence-corrected chi connectivity index (χ4v) is 5.87. The van der Waals surface area contributed by atoms with E-state index in [1.54, 1.807) is 0 Å². The molecule has 3 aliphatic rings. The van der Waals surface area contributed by atoms with Gasteiger partial charge in [0.25, 0.3) is 0 Å². The first kappa shape index (κ1) is 19.7. The average Bonchev–Trinajstić information content (AvgIpc) is 3.08. The lowest BCUT2D eigenvalue weighted by Gasteiger charge is -2.50. The maximum atomic E-state index is 6.63. The van der Waals surface area contributed by atoms with Crippen LogP contribution in [-0.4, -0.2) is 24.0 Å². The van der Waals surface area contributed by atoms with Gasteiger partial charge in [0, 0.05) is 60.3 Å². The Labute approximate surface area is 190 Å². The van der Waals surface area contributed by atoms with Crippen LogP contribution in [0, 0.1) is 0 Å². The van der Waals surface area contributed by atoms with Gasteiger partial charge in [0.05, 0.1) is 0 Å². The van der Waals surface area contributed by atoms with Crippen molar-refractivity contribution in [2.24, 2.45) is 0 Å². The summed E-state index contributed by atoms with van der Waals surface area (Å²) in [5, 5.41) is 6.92. The third-order valence-corrected chi connectivity index (χ3v) is 7.42. The van der Waals surface area contributed by atoms with Crippen molar-refractivity contribution in [3.05, 3.63) is 82.9 Å². The molecule has 1 aliphatic carbocycles. The van der Waals surface area contributed by atoms with Crippen molar-refractivity contribution < 1.29 is 4.74 Å². The fraction of sp³-hybridized carbons (Fsp3) is 0.357. The molecule has 0 bridgehead atoms. The van der Waals surface area contributed by atoms with Crippen LogP contribution < -0.4 is 15.4 Å². The standard InChI is InChI=1S/C28H31N3O/c1-3-29-20-12-14-24-26(16-20)32-27-17-21(30-4-2)13-15-25(27)28(24)23-11-6-5-8-19(23)18-31(28)22-9-7-10-22/h5-6,8,11-17,22,29-30H,3-4,7,9-10,18H2,1-2H3. The Bertz CT molecular complexity index is 1110. The van der Waals surface area contributed by atoms with Crippen LogP contribution in [0.1, 0.15) is 55.4 Å². The number of hydrogen-bond acceptors (Lipinski definition) is 4. The van der Waals surface area contributed by atoms with E-state index in [1.807, 2.05) is 0 Å². The predicted octanol–water partition coefficient (Wildman–Crippen LogP) is 6.32. The Kier molecular flexibility index (Phi) is 4.65. The molecule has 2 aliphatic heterocycles. The summed E-state index contributed by atoms with van der Waals surface area (Å²) < 4.78 is 6.63. The minimum atomic E-state index is -0.305. The predicted molar refractivity (Wildman–Crippen MR) is 131 cm³/mol. The lowest BCUT2D eigenvalue weighted by atomic mass is 9.73. The quantitative estimate of drug-likeness (QED) is 0.502. The van der Waals surface area contributed by atoms with Gasteiger partial charge in [-0.15, -0.1) is 0 Å². The van der Waals surface area contributed by atoms with Gasteiger partial charge in [-0.1, -0.05) is 42.8 Å². The smallest absolute Gasteiger partial charge is 0.135 e. The number of anilines is 2. The lowest BCUT2D eigenvalue weighted by molar-refractivity contribution is 0.0563. The van der Waals surface area contributed by atoms with Gasteiger partial charge in [0.15, 0.2) is 0 Å². The van der Waals surface area contributed by atoms with Gasteiger partial charge in [-0.25, -0.2) is 0 Å². The molecule has 4 nitrogen and oxygen atoms in total. The second-order valence-electron chi connectivity index (χ2n) is 9.16. The van der Waals surface area contributed by atoms with Crippen molar-refractivity contribution in [1.29, 1.82) is 0 Å².